The van der Waals surface area contributed by atoms with E-state index in [1.165, 1.54) is 0 Å². The van der Waals surface area contributed by atoms with E-state index in [1.807, 2.05) is 0 Å². The van der Waals surface area contributed by atoms with Crippen molar-refractivity contribution >= 4 is 16.9 Å². The van der Waals surface area contributed by atoms with Crippen LogP contribution in [-0.2, 0) is 4.79 Å². The lowest BCUT2D eigenvalue weighted by Gasteiger charge is -2.34. The lowest BCUT2D eigenvalue weighted by atomic mass is 9.85. The molecule has 1 aliphatic rings. The van der Waals surface area contributed by atoms with Crippen LogP contribution in [0.3, 0.4) is 0 Å². The lowest BCUT2D eigenvalue weighted by molar-refractivity contribution is -0.274. The van der Waals surface area contributed by atoms with Crippen LogP contribution in [0.5, 0.6) is 17.2 Å². The number of phenols is 1. The average Bonchev–Trinajstić information content (AvgIpc) is 2.78. The van der Waals surface area contributed by atoms with Crippen LogP contribution in [0.15, 0.2) is 45.6 Å². The molecule has 0 amide bonds. The van der Waals surface area contributed by atoms with Gasteiger partial charge in [-0.1, -0.05) is 0 Å². The Morgan fingerprint density at radius 1 is 1.11 bits per heavy atom. The molecule has 38 heavy (non-hydrogen) atoms. The Labute approximate surface area is 209 Å². The van der Waals surface area contributed by atoms with Gasteiger partial charge in [0.15, 0.2) is 5.43 Å². The van der Waals surface area contributed by atoms with E-state index in [0.29, 0.717) is 12.6 Å². The molecule has 0 radical (unpaired) electrons. The van der Waals surface area contributed by atoms with Crippen LogP contribution in [0.1, 0.15) is 17.9 Å². The molecule has 2 atom stereocenters. The standard InChI is InChI=1S/C24H19F6NO7/c1-31-7-6-13(16(34)10-31)19-14(32)9-18(37-22(35)23(25,26)27)20-15(33)8-17(36-21(19)20)11-2-4-12(5-3-11)38-24(28,29)30/h2-5,8-9,13,16,32,34H,6-7,10H2,1H3/t13-,16+/m0/s1. The number of rotatable bonds is 4. The van der Waals surface area contributed by atoms with Crippen LogP contribution in [0.4, 0.5) is 26.3 Å². The summed E-state index contributed by atoms with van der Waals surface area (Å²) in [4.78, 5) is 26.4. The molecule has 0 spiro atoms. The zero-order valence-corrected chi connectivity index (χ0v) is 19.4. The largest absolute Gasteiger partial charge is 0.573 e. The normalized spacial score (nSPS) is 18.9. The first kappa shape index (κ1) is 27.3. The Morgan fingerprint density at radius 2 is 1.76 bits per heavy atom. The fourth-order valence-electron chi connectivity index (χ4n) is 4.29. The first-order valence-electron chi connectivity index (χ1n) is 11.0. The molecular formula is C24H19F6NO7. The number of carbonyl (C=O) groups is 1. The number of ether oxygens (including phenoxy) is 2. The smallest absolute Gasteiger partial charge is 0.507 e. The molecule has 1 saturated heterocycles. The molecule has 0 bridgehead atoms. The summed E-state index contributed by atoms with van der Waals surface area (Å²) >= 11 is 0. The van der Waals surface area contributed by atoms with Gasteiger partial charge in [-0.25, -0.2) is 4.79 Å². The van der Waals surface area contributed by atoms with E-state index in [9.17, 15) is 46.1 Å². The van der Waals surface area contributed by atoms with Crippen molar-refractivity contribution in [2.45, 2.75) is 31.0 Å². The number of likely N-dealkylation sites (tertiary alicyclic amines) is 1. The number of nitrogens with zero attached hydrogens (tertiary/aromatic N) is 1. The molecule has 2 heterocycles. The predicted molar refractivity (Wildman–Crippen MR) is 119 cm³/mol. The van der Waals surface area contributed by atoms with Crippen molar-refractivity contribution in [2.24, 2.45) is 0 Å². The topological polar surface area (TPSA) is 109 Å². The number of piperidine rings is 1. The summed E-state index contributed by atoms with van der Waals surface area (Å²) in [6.07, 6.45) is -11.2. The maximum atomic E-state index is 13.1. The molecule has 1 aromatic heterocycles. The Bertz CT molecular complexity index is 1420. The van der Waals surface area contributed by atoms with Crippen molar-refractivity contribution in [3.05, 3.63) is 52.2 Å². The van der Waals surface area contributed by atoms with Crippen LogP contribution < -0.4 is 14.9 Å². The minimum atomic E-state index is -5.41. The number of carbonyl (C=O) groups excluding carboxylic acids is 1. The van der Waals surface area contributed by atoms with Gasteiger partial charge in [-0.05, 0) is 44.3 Å². The van der Waals surface area contributed by atoms with E-state index in [1.54, 1.807) is 11.9 Å². The number of β-amino-alcohol motifs (C(OH)–C–C–N with tert-alkyl or cyclic N) is 1. The highest BCUT2D eigenvalue weighted by Crippen LogP contribution is 2.43. The molecule has 0 saturated carbocycles. The lowest BCUT2D eigenvalue weighted by Crippen LogP contribution is -2.40. The van der Waals surface area contributed by atoms with Crippen LogP contribution in [0, 0.1) is 0 Å². The highest BCUT2D eigenvalue weighted by atomic mass is 19.4. The molecule has 1 aliphatic heterocycles. The molecule has 14 heteroatoms. The molecule has 3 aromatic rings. The SMILES string of the molecule is CN1CC[C@H](c2c(O)cc(OC(=O)C(F)(F)F)c3c(=O)cc(-c4ccc(OC(F)(F)F)cc4)oc23)[C@H](O)C1. The van der Waals surface area contributed by atoms with Gasteiger partial charge in [-0.3, -0.25) is 4.79 Å². The van der Waals surface area contributed by atoms with Crippen molar-refractivity contribution in [2.75, 3.05) is 20.1 Å². The quantitative estimate of drug-likeness (QED) is 0.283. The van der Waals surface area contributed by atoms with Crippen molar-refractivity contribution < 1.29 is 55.2 Å². The van der Waals surface area contributed by atoms with Gasteiger partial charge in [-0.15, -0.1) is 13.2 Å². The number of hydrogen-bond acceptors (Lipinski definition) is 8. The number of fused-ring (bicyclic) bond motifs is 1. The third-order valence-electron chi connectivity index (χ3n) is 5.94. The Kier molecular flexibility index (Phi) is 7.05. The second-order valence-electron chi connectivity index (χ2n) is 8.67. The van der Waals surface area contributed by atoms with Gasteiger partial charge < -0.3 is 29.0 Å². The Morgan fingerprint density at radius 3 is 2.34 bits per heavy atom. The second-order valence-corrected chi connectivity index (χ2v) is 8.67. The second kappa shape index (κ2) is 9.83. The number of likely N-dealkylation sites (N-methyl/N-ethyl adjacent to an activating group) is 1. The number of aromatic hydroxyl groups is 1. The number of alkyl halides is 6. The molecule has 2 aromatic carbocycles. The van der Waals surface area contributed by atoms with Gasteiger partial charge in [-0.2, -0.15) is 13.2 Å². The third kappa shape index (κ3) is 5.70. The number of aliphatic hydroxyl groups is 1. The number of phenolic OH excluding ortho intramolecular Hbond substituents is 1. The zero-order chi connectivity index (χ0) is 28.0. The summed E-state index contributed by atoms with van der Waals surface area (Å²) in [5.41, 5.74) is -1.42. The molecular weight excluding hydrogens is 528 g/mol. The summed E-state index contributed by atoms with van der Waals surface area (Å²) in [5, 5.41) is 20.8. The van der Waals surface area contributed by atoms with Crippen molar-refractivity contribution in [3.8, 4) is 28.6 Å². The van der Waals surface area contributed by atoms with Gasteiger partial charge in [0.25, 0.3) is 0 Å². The molecule has 0 unspecified atom stereocenters. The third-order valence-corrected chi connectivity index (χ3v) is 5.94. The predicted octanol–water partition coefficient (Wildman–Crippen LogP) is 4.31. The summed E-state index contributed by atoms with van der Waals surface area (Å²) in [5.74, 6) is -5.84. The molecule has 0 aliphatic carbocycles. The van der Waals surface area contributed by atoms with Gasteiger partial charge in [0.1, 0.15) is 34.0 Å². The van der Waals surface area contributed by atoms with E-state index < -0.39 is 64.2 Å². The van der Waals surface area contributed by atoms with E-state index in [4.69, 9.17) is 4.42 Å². The number of aliphatic hydroxyl groups excluding tert-OH is 1. The highest BCUT2D eigenvalue weighted by Gasteiger charge is 2.42. The highest BCUT2D eigenvalue weighted by molar-refractivity contribution is 5.92. The fraction of sp³-hybridized carbons (Fsp3) is 0.333. The Balaban J connectivity index is 1.90. The minimum Gasteiger partial charge on any atom is -0.507 e. The van der Waals surface area contributed by atoms with E-state index in [0.717, 1.165) is 30.3 Å². The van der Waals surface area contributed by atoms with E-state index in [2.05, 4.69) is 9.47 Å². The summed E-state index contributed by atoms with van der Waals surface area (Å²) in [7, 11) is 1.74. The molecule has 2 N–H and O–H groups in total. The first-order chi connectivity index (χ1) is 17.6. The average molecular weight is 547 g/mol. The van der Waals surface area contributed by atoms with Gasteiger partial charge in [0.2, 0.25) is 0 Å². The van der Waals surface area contributed by atoms with Crippen LogP contribution >= 0.6 is 0 Å². The molecule has 1 fully saturated rings. The van der Waals surface area contributed by atoms with E-state index >= 15 is 0 Å². The number of halogens is 6. The Hall–Kier alpha value is -3.78. The van der Waals surface area contributed by atoms with Crippen molar-refractivity contribution in [1.29, 1.82) is 0 Å². The number of esters is 1. The molecule has 4 rings (SSSR count). The zero-order valence-electron chi connectivity index (χ0n) is 19.4. The van der Waals surface area contributed by atoms with Crippen LogP contribution in [0.2, 0.25) is 0 Å². The van der Waals surface area contributed by atoms with E-state index in [-0.39, 0.29) is 29.9 Å². The number of benzene rings is 2. The number of hydrogen-bond donors (Lipinski definition) is 2. The van der Waals surface area contributed by atoms with Gasteiger partial charge in [0, 0.05) is 35.7 Å². The van der Waals surface area contributed by atoms with Crippen LogP contribution in [-0.4, -0.2) is 59.9 Å². The minimum absolute atomic E-state index is 0.0885. The maximum absolute atomic E-state index is 13.1. The summed E-state index contributed by atoms with van der Waals surface area (Å²) in [6.45, 7) is 0.624. The van der Waals surface area contributed by atoms with Crippen LogP contribution in [0.25, 0.3) is 22.3 Å². The van der Waals surface area contributed by atoms with Crippen molar-refractivity contribution in [3.63, 3.8) is 0 Å². The van der Waals surface area contributed by atoms with Gasteiger partial charge in [0.05, 0.1) is 6.10 Å². The first-order valence-corrected chi connectivity index (χ1v) is 11.0. The van der Waals surface area contributed by atoms with Gasteiger partial charge >= 0.3 is 18.5 Å². The molecule has 8 nitrogen and oxygen atoms in total. The maximum Gasteiger partial charge on any atom is 0.573 e. The molecule has 204 valence electrons. The monoisotopic (exact) mass is 547 g/mol. The summed E-state index contributed by atoms with van der Waals surface area (Å²) < 4.78 is 90.0. The fourth-order valence-corrected chi connectivity index (χ4v) is 4.29. The van der Waals surface area contributed by atoms with Crippen molar-refractivity contribution in [1.82, 2.24) is 4.90 Å². The summed E-state index contributed by atoms with van der Waals surface area (Å²) in [6, 6.07) is 5.71.